The molecule has 0 bridgehead atoms. The maximum absolute atomic E-state index is 13.1. The van der Waals surface area contributed by atoms with E-state index in [1.807, 2.05) is 6.92 Å². The Hall–Kier alpha value is -2.66. The van der Waals surface area contributed by atoms with Gasteiger partial charge in [-0.1, -0.05) is 0 Å². The van der Waals surface area contributed by atoms with Crippen molar-refractivity contribution < 1.29 is 32.2 Å². The van der Waals surface area contributed by atoms with Gasteiger partial charge in [-0.2, -0.15) is 4.31 Å². The minimum atomic E-state index is -3.73. The van der Waals surface area contributed by atoms with E-state index in [2.05, 4.69) is 5.32 Å². The molecule has 1 fully saturated rings. The number of nitrogens with zero attached hydrogens (tertiary/aromatic N) is 1. The summed E-state index contributed by atoms with van der Waals surface area (Å²) in [6, 6.07) is 11.5. The summed E-state index contributed by atoms with van der Waals surface area (Å²) in [7, 11) is -2.16. The van der Waals surface area contributed by atoms with E-state index in [9.17, 15) is 13.2 Å². The molecule has 10 heteroatoms. The van der Waals surface area contributed by atoms with Crippen molar-refractivity contribution in [1.82, 2.24) is 4.31 Å². The van der Waals surface area contributed by atoms with Crippen molar-refractivity contribution in [1.29, 1.82) is 0 Å². The number of morpholine rings is 1. The minimum Gasteiger partial charge on any atom is -0.494 e. The Morgan fingerprint density at radius 3 is 2.45 bits per heavy atom. The van der Waals surface area contributed by atoms with Crippen molar-refractivity contribution in [2.24, 2.45) is 0 Å². The molecule has 33 heavy (non-hydrogen) atoms. The van der Waals surface area contributed by atoms with Crippen LogP contribution < -0.4 is 14.8 Å². The van der Waals surface area contributed by atoms with Crippen LogP contribution in [0.4, 0.5) is 5.69 Å². The molecule has 0 spiro atoms. The van der Waals surface area contributed by atoms with Crippen LogP contribution >= 0.6 is 0 Å². The monoisotopic (exact) mass is 478 g/mol. The predicted octanol–water partition coefficient (Wildman–Crippen LogP) is 3.26. The van der Waals surface area contributed by atoms with Crippen molar-refractivity contribution in [2.45, 2.75) is 24.7 Å². The molecule has 3 rings (SSSR count). The van der Waals surface area contributed by atoms with Crippen molar-refractivity contribution in [3.8, 4) is 17.2 Å². The summed E-state index contributed by atoms with van der Waals surface area (Å²) in [4.78, 5) is 12.5. The number of anilines is 1. The fourth-order valence-electron chi connectivity index (χ4n) is 3.28. The molecule has 0 atom stereocenters. The lowest BCUT2D eigenvalue weighted by atomic mass is 10.2. The summed E-state index contributed by atoms with van der Waals surface area (Å²) >= 11 is 0. The van der Waals surface area contributed by atoms with Gasteiger partial charge in [0.25, 0.3) is 0 Å². The van der Waals surface area contributed by atoms with Gasteiger partial charge in [-0.3, -0.25) is 4.79 Å². The van der Waals surface area contributed by atoms with Crippen molar-refractivity contribution >= 4 is 21.6 Å². The molecule has 0 unspecified atom stereocenters. The summed E-state index contributed by atoms with van der Waals surface area (Å²) in [6.07, 6.45) is 0.778. The first-order valence-corrected chi connectivity index (χ1v) is 12.3. The van der Waals surface area contributed by atoms with E-state index < -0.39 is 10.0 Å². The molecule has 2 aromatic carbocycles. The smallest absolute Gasteiger partial charge is 0.243 e. The number of sulfonamides is 1. The fourth-order valence-corrected chi connectivity index (χ4v) is 4.71. The summed E-state index contributed by atoms with van der Waals surface area (Å²) < 4.78 is 49.2. The molecular formula is C23H30N2O7S. The third kappa shape index (κ3) is 6.91. The third-order valence-electron chi connectivity index (χ3n) is 4.95. The molecule has 0 radical (unpaired) electrons. The standard InChI is InChI=1S/C23H30N2O7S/c1-3-31-18-6-8-19(9-7-18)32-22-11-10-20(33(27,28)25-12-15-30-16-13-25)17-21(22)24-23(26)5-4-14-29-2/h6-11,17H,3-5,12-16H2,1-2H3,(H,24,26). The molecule has 0 aliphatic carbocycles. The van der Waals surface area contributed by atoms with Crippen molar-refractivity contribution in [3.63, 3.8) is 0 Å². The summed E-state index contributed by atoms with van der Waals surface area (Å²) in [5.41, 5.74) is 0.278. The molecule has 1 heterocycles. The number of amides is 1. The SMILES string of the molecule is CCOc1ccc(Oc2ccc(S(=O)(=O)N3CCOCC3)cc2NC(=O)CCCOC)cc1. The van der Waals surface area contributed by atoms with Gasteiger partial charge in [-0.05, 0) is 55.8 Å². The van der Waals surface area contributed by atoms with Gasteiger partial charge in [0.05, 0.1) is 30.4 Å². The number of ether oxygens (including phenoxy) is 4. The van der Waals surface area contributed by atoms with Crippen LogP contribution in [0.2, 0.25) is 0 Å². The first-order chi connectivity index (χ1) is 15.9. The molecule has 0 aromatic heterocycles. The lowest BCUT2D eigenvalue weighted by Gasteiger charge is -2.26. The average Bonchev–Trinajstić information content (AvgIpc) is 2.82. The molecule has 0 saturated carbocycles. The fraction of sp³-hybridized carbons (Fsp3) is 0.435. The van der Waals surface area contributed by atoms with Crippen LogP contribution in [0.25, 0.3) is 0 Å². The Bertz CT molecular complexity index is 1020. The van der Waals surface area contributed by atoms with E-state index in [1.165, 1.54) is 16.4 Å². The lowest BCUT2D eigenvalue weighted by Crippen LogP contribution is -2.40. The van der Waals surface area contributed by atoms with E-state index >= 15 is 0 Å². The van der Waals surface area contributed by atoms with E-state index in [0.717, 1.165) is 0 Å². The summed E-state index contributed by atoms with van der Waals surface area (Å²) in [6.45, 7) is 4.17. The number of carbonyl (C=O) groups excluding carboxylic acids is 1. The summed E-state index contributed by atoms with van der Waals surface area (Å²) in [5.74, 6) is 1.31. The van der Waals surface area contributed by atoms with Crippen LogP contribution in [0.3, 0.4) is 0 Å². The molecule has 1 aliphatic heterocycles. The second-order valence-electron chi connectivity index (χ2n) is 7.33. The zero-order chi connectivity index (χ0) is 23.7. The Morgan fingerprint density at radius 2 is 1.79 bits per heavy atom. The second-order valence-corrected chi connectivity index (χ2v) is 9.26. The van der Waals surface area contributed by atoms with Crippen LogP contribution in [-0.4, -0.2) is 65.3 Å². The molecule has 180 valence electrons. The van der Waals surface area contributed by atoms with Crippen LogP contribution in [0.5, 0.6) is 17.2 Å². The number of rotatable bonds is 11. The maximum Gasteiger partial charge on any atom is 0.243 e. The minimum absolute atomic E-state index is 0.0793. The van der Waals surface area contributed by atoms with Crippen LogP contribution in [0.1, 0.15) is 19.8 Å². The van der Waals surface area contributed by atoms with E-state index in [1.54, 1.807) is 37.4 Å². The number of methoxy groups -OCH3 is 1. The highest BCUT2D eigenvalue weighted by Crippen LogP contribution is 2.33. The van der Waals surface area contributed by atoms with Crippen molar-refractivity contribution in [2.75, 3.05) is 51.9 Å². The van der Waals surface area contributed by atoms with Gasteiger partial charge in [0.2, 0.25) is 15.9 Å². The van der Waals surface area contributed by atoms with Gasteiger partial charge < -0.3 is 24.3 Å². The Kier molecular flexibility index (Phi) is 9.07. The van der Waals surface area contributed by atoms with Gasteiger partial charge in [0.15, 0.2) is 5.75 Å². The van der Waals surface area contributed by atoms with Gasteiger partial charge in [0, 0.05) is 33.2 Å². The van der Waals surface area contributed by atoms with Gasteiger partial charge in [0.1, 0.15) is 11.5 Å². The zero-order valence-electron chi connectivity index (χ0n) is 18.9. The van der Waals surface area contributed by atoms with Gasteiger partial charge >= 0.3 is 0 Å². The summed E-state index contributed by atoms with van der Waals surface area (Å²) in [5, 5.41) is 2.78. The van der Waals surface area contributed by atoms with Gasteiger partial charge in [-0.25, -0.2) is 8.42 Å². The highest BCUT2D eigenvalue weighted by atomic mass is 32.2. The first kappa shape index (κ1) is 25.0. The van der Waals surface area contributed by atoms with E-state index in [0.29, 0.717) is 50.1 Å². The molecule has 1 saturated heterocycles. The molecule has 1 N–H and O–H groups in total. The number of hydrogen-bond acceptors (Lipinski definition) is 7. The second kappa shape index (κ2) is 12.0. The number of nitrogens with one attached hydrogen (secondary N) is 1. The third-order valence-corrected chi connectivity index (χ3v) is 6.84. The molecular weight excluding hydrogens is 448 g/mol. The van der Waals surface area contributed by atoms with Crippen LogP contribution in [-0.2, 0) is 24.3 Å². The van der Waals surface area contributed by atoms with E-state index in [-0.39, 0.29) is 36.0 Å². The Morgan fingerprint density at radius 1 is 1.09 bits per heavy atom. The highest BCUT2D eigenvalue weighted by Gasteiger charge is 2.27. The normalized spacial score (nSPS) is 14.6. The topological polar surface area (TPSA) is 103 Å². The highest BCUT2D eigenvalue weighted by molar-refractivity contribution is 7.89. The molecule has 9 nitrogen and oxygen atoms in total. The predicted molar refractivity (Wildman–Crippen MR) is 123 cm³/mol. The Labute approximate surface area is 194 Å². The molecule has 1 amide bonds. The van der Waals surface area contributed by atoms with Gasteiger partial charge in [-0.15, -0.1) is 0 Å². The van der Waals surface area contributed by atoms with E-state index in [4.69, 9.17) is 18.9 Å². The number of hydrogen-bond donors (Lipinski definition) is 1. The molecule has 2 aromatic rings. The van der Waals surface area contributed by atoms with Crippen molar-refractivity contribution in [3.05, 3.63) is 42.5 Å². The number of benzene rings is 2. The zero-order valence-corrected chi connectivity index (χ0v) is 19.7. The van der Waals surface area contributed by atoms with Crippen LogP contribution in [0.15, 0.2) is 47.4 Å². The quantitative estimate of drug-likeness (QED) is 0.495. The average molecular weight is 479 g/mol. The van der Waals surface area contributed by atoms with Crippen LogP contribution in [0, 0.1) is 0 Å². The number of carbonyl (C=O) groups is 1. The maximum atomic E-state index is 13.1. The molecule has 1 aliphatic rings. The first-order valence-electron chi connectivity index (χ1n) is 10.9. The Balaban J connectivity index is 1.86. The lowest BCUT2D eigenvalue weighted by molar-refractivity contribution is -0.116. The largest absolute Gasteiger partial charge is 0.494 e.